The van der Waals surface area contributed by atoms with Gasteiger partial charge in [0.25, 0.3) is 23.4 Å². The van der Waals surface area contributed by atoms with Crippen molar-refractivity contribution in [3.8, 4) is 0 Å². The molecule has 1 saturated carbocycles. The summed E-state index contributed by atoms with van der Waals surface area (Å²) in [5.74, 6) is -2.26. The second-order valence-corrected chi connectivity index (χ2v) is 8.82. The zero-order valence-corrected chi connectivity index (χ0v) is 18.2. The molecule has 1 aliphatic heterocycles. The molecule has 1 saturated heterocycles. The highest BCUT2D eigenvalue weighted by atomic mass is 35.5. The van der Waals surface area contributed by atoms with Crippen LogP contribution >= 0.6 is 11.6 Å². The molecule has 8 nitrogen and oxygen atoms in total. The van der Waals surface area contributed by atoms with Gasteiger partial charge in [-0.15, -0.1) is 0 Å². The summed E-state index contributed by atoms with van der Waals surface area (Å²) in [5.41, 5.74) is 0.0595. The molecule has 4 rings (SSSR count). The number of amides is 3. The fourth-order valence-electron chi connectivity index (χ4n) is 4.56. The number of halogens is 1. The predicted molar refractivity (Wildman–Crippen MR) is 116 cm³/mol. The number of imide groups is 1. The van der Waals surface area contributed by atoms with Crippen LogP contribution in [0.15, 0.2) is 48.5 Å². The maximum Gasteiger partial charge on any atom is 0.282 e. The number of fused-ring (bicyclic) bond motifs is 1. The van der Waals surface area contributed by atoms with Crippen molar-refractivity contribution in [2.75, 3.05) is 0 Å². The third-order valence-corrected chi connectivity index (χ3v) is 6.47. The molecule has 3 amide bonds. The maximum absolute atomic E-state index is 13.5. The second-order valence-electron chi connectivity index (χ2n) is 8.38. The Balaban J connectivity index is 1.75. The molecule has 2 aromatic rings. The molecular weight excluding hydrogens is 434 g/mol. The van der Waals surface area contributed by atoms with Gasteiger partial charge in [-0.1, -0.05) is 42.8 Å². The largest absolute Gasteiger partial charge is 0.282 e. The number of nitro groups is 1. The van der Waals surface area contributed by atoms with Crippen molar-refractivity contribution in [3.63, 3.8) is 0 Å². The molecule has 2 aliphatic rings. The first kappa shape index (κ1) is 22.0. The van der Waals surface area contributed by atoms with Crippen LogP contribution in [0.1, 0.15) is 42.1 Å². The number of benzene rings is 2. The smallest absolute Gasteiger partial charge is 0.272 e. The van der Waals surface area contributed by atoms with Gasteiger partial charge in [0.05, 0.1) is 23.3 Å². The van der Waals surface area contributed by atoms with Crippen LogP contribution in [0.25, 0.3) is 0 Å². The Kier molecular flexibility index (Phi) is 5.97. The predicted octanol–water partition coefficient (Wildman–Crippen LogP) is 4.23. The molecule has 0 bridgehead atoms. The van der Waals surface area contributed by atoms with E-state index in [4.69, 9.17) is 11.6 Å². The van der Waals surface area contributed by atoms with Gasteiger partial charge in [-0.25, -0.2) is 5.01 Å². The molecule has 2 fully saturated rings. The monoisotopic (exact) mass is 455 g/mol. The first-order valence-corrected chi connectivity index (χ1v) is 10.8. The molecular formula is C23H22ClN3O5. The first-order valence-electron chi connectivity index (χ1n) is 10.5. The molecule has 166 valence electrons. The average molecular weight is 456 g/mol. The van der Waals surface area contributed by atoms with Crippen molar-refractivity contribution in [2.45, 2.75) is 32.7 Å². The Labute approximate surface area is 189 Å². The molecule has 0 spiro atoms. The van der Waals surface area contributed by atoms with Gasteiger partial charge in [0.15, 0.2) is 0 Å². The number of nitro benzene ring substituents is 1. The van der Waals surface area contributed by atoms with Crippen LogP contribution in [-0.4, -0.2) is 32.7 Å². The molecule has 0 radical (unpaired) electrons. The minimum atomic E-state index is -0.777. The van der Waals surface area contributed by atoms with Crippen molar-refractivity contribution < 1.29 is 19.3 Å². The van der Waals surface area contributed by atoms with Crippen molar-refractivity contribution in [2.24, 2.45) is 17.8 Å². The van der Waals surface area contributed by atoms with Crippen molar-refractivity contribution in [1.82, 2.24) is 10.0 Å². The summed E-state index contributed by atoms with van der Waals surface area (Å²) >= 11 is 5.96. The summed E-state index contributed by atoms with van der Waals surface area (Å²) in [6.07, 6.45) is 2.00. The van der Waals surface area contributed by atoms with Crippen molar-refractivity contribution in [3.05, 3.63) is 74.8 Å². The number of nitrogens with zero attached hydrogens (tertiary/aromatic N) is 3. The number of carbonyl (C=O) groups excluding carboxylic acids is 3. The molecule has 1 aliphatic carbocycles. The lowest BCUT2D eigenvalue weighted by molar-refractivity contribution is -0.385. The first-order chi connectivity index (χ1) is 15.3. The zero-order chi connectivity index (χ0) is 23.0. The summed E-state index contributed by atoms with van der Waals surface area (Å²) in [5, 5.41) is 14.0. The van der Waals surface area contributed by atoms with Gasteiger partial charge in [0.2, 0.25) is 0 Å². The highest BCUT2D eigenvalue weighted by Crippen LogP contribution is 2.41. The van der Waals surface area contributed by atoms with E-state index >= 15 is 0 Å². The lowest BCUT2D eigenvalue weighted by Gasteiger charge is -2.30. The summed E-state index contributed by atoms with van der Waals surface area (Å²) in [6.45, 7) is 1.94. The van der Waals surface area contributed by atoms with Crippen LogP contribution in [0.2, 0.25) is 5.02 Å². The average Bonchev–Trinajstić information content (AvgIpc) is 3.02. The SMILES string of the molecule is C[C@@H]1CC[C@H]2C(=O)N(N(Cc3ccc(Cl)cc3)C(=O)c3ccccc3[N+](=O)[O-])C(=O)[C@@H]2C1. The van der Waals surface area contributed by atoms with E-state index in [9.17, 15) is 24.5 Å². The van der Waals surface area contributed by atoms with Crippen molar-refractivity contribution in [1.29, 1.82) is 0 Å². The normalized spacial score (nSPS) is 22.6. The van der Waals surface area contributed by atoms with E-state index in [2.05, 4.69) is 0 Å². The van der Waals surface area contributed by atoms with Gasteiger partial charge in [-0.05, 0) is 48.9 Å². The van der Waals surface area contributed by atoms with E-state index in [1.54, 1.807) is 24.3 Å². The van der Waals surface area contributed by atoms with Crippen molar-refractivity contribution >= 4 is 35.0 Å². The molecule has 0 aromatic heterocycles. The molecule has 2 aromatic carbocycles. The number of hydrogen-bond acceptors (Lipinski definition) is 5. The van der Waals surface area contributed by atoms with Gasteiger partial charge in [-0.2, -0.15) is 5.01 Å². The highest BCUT2D eigenvalue weighted by molar-refractivity contribution is 6.30. The lowest BCUT2D eigenvalue weighted by Crippen LogP contribution is -2.49. The minimum Gasteiger partial charge on any atom is -0.272 e. The number of hydrogen-bond donors (Lipinski definition) is 0. The van der Waals surface area contributed by atoms with E-state index in [0.717, 1.165) is 16.4 Å². The Morgan fingerprint density at radius 1 is 1.09 bits per heavy atom. The molecule has 0 unspecified atom stereocenters. The number of carbonyl (C=O) groups is 3. The fraction of sp³-hybridized carbons (Fsp3) is 0.348. The van der Waals surface area contributed by atoms with Gasteiger partial charge in [0.1, 0.15) is 5.56 Å². The van der Waals surface area contributed by atoms with Gasteiger partial charge >= 0.3 is 0 Å². The van der Waals surface area contributed by atoms with Crippen LogP contribution in [0.5, 0.6) is 0 Å². The quantitative estimate of drug-likeness (QED) is 0.381. The number of rotatable bonds is 5. The standard InChI is InChI=1S/C23H22ClN3O5/c1-14-6-11-17-19(12-14)23(30)26(22(17)29)25(13-15-7-9-16(24)10-8-15)21(28)18-4-2-3-5-20(18)27(31)32/h2-5,7-10,14,17,19H,6,11-13H2,1H3/t14-,17-,19-/m1/s1. The highest BCUT2D eigenvalue weighted by Gasteiger charge is 2.52. The summed E-state index contributed by atoms with van der Waals surface area (Å²) in [4.78, 5) is 50.9. The van der Waals surface area contributed by atoms with Crippen LogP contribution in [0.4, 0.5) is 5.69 Å². The molecule has 32 heavy (non-hydrogen) atoms. The van der Waals surface area contributed by atoms with Crippen LogP contribution in [0, 0.1) is 27.9 Å². The Morgan fingerprint density at radius 3 is 2.44 bits per heavy atom. The van der Waals surface area contributed by atoms with E-state index in [0.29, 0.717) is 29.3 Å². The van der Waals surface area contributed by atoms with Gasteiger partial charge in [-0.3, -0.25) is 24.5 Å². The summed E-state index contributed by atoms with van der Waals surface area (Å²) in [6, 6.07) is 12.2. The Bertz CT molecular complexity index is 1090. The third-order valence-electron chi connectivity index (χ3n) is 6.22. The van der Waals surface area contributed by atoms with Gasteiger partial charge in [0, 0.05) is 11.1 Å². The van der Waals surface area contributed by atoms with Crippen LogP contribution < -0.4 is 0 Å². The second kappa shape index (κ2) is 8.70. The zero-order valence-electron chi connectivity index (χ0n) is 17.4. The molecule has 1 heterocycles. The third kappa shape index (κ3) is 3.98. The maximum atomic E-state index is 13.5. The Morgan fingerprint density at radius 2 is 1.75 bits per heavy atom. The molecule has 3 atom stereocenters. The van der Waals surface area contributed by atoms with Crippen LogP contribution in [0.3, 0.4) is 0 Å². The fourth-order valence-corrected chi connectivity index (χ4v) is 4.68. The summed E-state index contributed by atoms with van der Waals surface area (Å²) in [7, 11) is 0. The summed E-state index contributed by atoms with van der Waals surface area (Å²) < 4.78 is 0. The number of para-hydroxylation sites is 1. The van der Waals surface area contributed by atoms with E-state index in [1.165, 1.54) is 24.3 Å². The van der Waals surface area contributed by atoms with Gasteiger partial charge < -0.3 is 0 Å². The molecule has 9 heteroatoms. The number of hydrazine groups is 1. The Hall–Kier alpha value is -3.26. The van der Waals surface area contributed by atoms with E-state index in [-0.39, 0.29) is 17.8 Å². The van der Waals surface area contributed by atoms with Crippen LogP contribution in [-0.2, 0) is 16.1 Å². The molecule has 0 N–H and O–H groups in total. The lowest BCUT2D eigenvalue weighted by atomic mass is 9.76. The minimum absolute atomic E-state index is 0.103. The van der Waals surface area contributed by atoms with E-state index in [1.807, 2.05) is 6.92 Å². The van der Waals surface area contributed by atoms with E-state index < -0.39 is 34.5 Å². The topological polar surface area (TPSA) is 101 Å².